The summed E-state index contributed by atoms with van der Waals surface area (Å²) in [5, 5.41) is 5.69. The Hall–Kier alpha value is -3.84. The maximum Gasteiger partial charge on any atom is 0.408 e. The van der Waals surface area contributed by atoms with Crippen molar-refractivity contribution in [2.24, 2.45) is 0 Å². The molecule has 7 heteroatoms. The molecule has 36 heavy (non-hydrogen) atoms. The first-order valence-corrected chi connectivity index (χ1v) is 12.5. The van der Waals surface area contributed by atoms with Crippen LogP contribution >= 0.6 is 0 Å². The summed E-state index contributed by atoms with van der Waals surface area (Å²) in [5.41, 5.74) is 3.66. The average molecular weight is 487 g/mol. The Bertz CT molecular complexity index is 1100. The molecule has 0 bridgehead atoms. The molecule has 1 fully saturated rings. The Morgan fingerprint density at radius 3 is 2.06 bits per heavy atom. The molecule has 1 unspecified atom stereocenters. The van der Waals surface area contributed by atoms with E-state index in [0.717, 1.165) is 49.5 Å². The van der Waals surface area contributed by atoms with Crippen LogP contribution in [0, 0.1) is 0 Å². The van der Waals surface area contributed by atoms with E-state index >= 15 is 0 Å². The molecule has 0 spiro atoms. The van der Waals surface area contributed by atoms with Gasteiger partial charge >= 0.3 is 6.09 Å². The number of carbonyl (C=O) groups excluding carboxylic acids is 2. The molecule has 1 aliphatic heterocycles. The summed E-state index contributed by atoms with van der Waals surface area (Å²) >= 11 is 0. The SMILES string of the molecule is CCN1CCN(c2ccc(NC(=O)C(Cc3ccccc3)NC(=O)OCc3ccccc3)cc2)CC1. The molecule has 4 rings (SSSR count). The quantitative estimate of drug-likeness (QED) is 0.472. The second kappa shape index (κ2) is 12.7. The van der Waals surface area contributed by atoms with Gasteiger partial charge in [-0.1, -0.05) is 67.6 Å². The second-order valence-corrected chi connectivity index (χ2v) is 8.91. The molecular weight excluding hydrogens is 452 g/mol. The van der Waals surface area contributed by atoms with Gasteiger partial charge in [0, 0.05) is 44.0 Å². The van der Waals surface area contributed by atoms with Crippen molar-refractivity contribution in [3.8, 4) is 0 Å². The summed E-state index contributed by atoms with van der Waals surface area (Å²) in [4.78, 5) is 30.5. The van der Waals surface area contributed by atoms with Gasteiger partial charge in [-0.25, -0.2) is 4.79 Å². The van der Waals surface area contributed by atoms with Gasteiger partial charge in [-0.3, -0.25) is 4.79 Å². The molecule has 1 atom stereocenters. The molecular formula is C29H34N4O3. The average Bonchev–Trinajstić information content (AvgIpc) is 2.93. The maximum atomic E-state index is 13.2. The molecule has 2 amide bonds. The zero-order valence-corrected chi connectivity index (χ0v) is 20.7. The molecule has 2 N–H and O–H groups in total. The highest BCUT2D eigenvalue weighted by atomic mass is 16.5. The number of ether oxygens (including phenoxy) is 1. The number of rotatable bonds is 9. The maximum absolute atomic E-state index is 13.2. The minimum absolute atomic E-state index is 0.139. The molecule has 0 aromatic heterocycles. The summed E-state index contributed by atoms with van der Waals surface area (Å²) in [5.74, 6) is -0.292. The molecule has 3 aromatic rings. The van der Waals surface area contributed by atoms with Gasteiger partial charge in [0.2, 0.25) is 5.91 Å². The van der Waals surface area contributed by atoms with E-state index in [1.807, 2.05) is 84.9 Å². The van der Waals surface area contributed by atoms with Crippen LogP contribution in [0.5, 0.6) is 0 Å². The zero-order valence-electron chi connectivity index (χ0n) is 20.7. The number of likely N-dealkylation sites (N-methyl/N-ethyl adjacent to an activating group) is 1. The van der Waals surface area contributed by atoms with Gasteiger partial charge in [-0.15, -0.1) is 0 Å². The summed E-state index contributed by atoms with van der Waals surface area (Å²) in [6, 6.07) is 26.2. The number of carbonyl (C=O) groups is 2. The number of anilines is 2. The van der Waals surface area contributed by atoms with Crippen LogP contribution in [-0.4, -0.2) is 55.7 Å². The molecule has 1 heterocycles. The van der Waals surface area contributed by atoms with Gasteiger partial charge in [-0.2, -0.15) is 0 Å². The van der Waals surface area contributed by atoms with Crippen LogP contribution < -0.4 is 15.5 Å². The third-order valence-electron chi connectivity index (χ3n) is 6.42. The van der Waals surface area contributed by atoms with Crippen LogP contribution in [0.15, 0.2) is 84.9 Å². The number of nitrogens with zero attached hydrogens (tertiary/aromatic N) is 2. The number of piperazine rings is 1. The van der Waals surface area contributed by atoms with Crippen molar-refractivity contribution in [2.45, 2.75) is 26.0 Å². The molecule has 3 aromatic carbocycles. The number of nitrogens with one attached hydrogen (secondary N) is 2. The number of alkyl carbamates (subject to hydrolysis) is 1. The van der Waals surface area contributed by atoms with Gasteiger partial charge in [0.25, 0.3) is 0 Å². The Kier molecular flexibility index (Phi) is 8.94. The Morgan fingerprint density at radius 2 is 1.44 bits per heavy atom. The molecule has 0 aliphatic carbocycles. The highest BCUT2D eigenvalue weighted by Crippen LogP contribution is 2.20. The van der Waals surface area contributed by atoms with E-state index in [-0.39, 0.29) is 12.5 Å². The first-order valence-electron chi connectivity index (χ1n) is 12.5. The fourth-order valence-electron chi connectivity index (χ4n) is 4.27. The minimum atomic E-state index is -0.780. The highest BCUT2D eigenvalue weighted by molar-refractivity contribution is 5.96. The summed E-state index contributed by atoms with van der Waals surface area (Å²) < 4.78 is 5.36. The minimum Gasteiger partial charge on any atom is -0.445 e. The van der Waals surface area contributed by atoms with Crippen molar-refractivity contribution < 1.29 is 14.3 Å². The first-order chi connectivity index (χ1) is 17.6. The van der Waals surface area contributed by atoms with Gasteiger partial charge in [0.15, 0.2) is 0 Å². The van der Waals surface area contributed by atoms with Crippen LogP contribution in [0.2, 0.25) is 0 Å². The smallest absolute Gasteiger partial charge is 0.408 e. The van der Waals surface area contributed by atoms with E-state index in [2.05, 4.69) is 27.4 Å². The summed E-state index contributed by atoms with van der Waals surface area (Å²) in [7, 11) is 0. The molecule has 0 radical (unpaired) electrons. The first kappa shape index (κ1) is 25.3. The number of benzene rings is 3. The van der Waals surface area contributed by atoms with Gasteiger partial charge < -0.3 is 25.2 Å². The summed E-state index contributed by atoms with van der Waals surface area (Å²) in [6.45, 7) is 7.51. The molecule has 0 saturated carbocycles. The van der Waals surface area contributed by atoms with E-state index in [1.165, 1.54) is 0 Å². The van der Waals surface area contributed by atoms with Crippen LogP contribution in [0.4, 0.5) is 16.2 Å². The monoisotopic (exact) mass is 486 g/mol. The third-order valence-corrected chi connectivity index (χ3v) is 6.42. The van der Waals surface area contributed by atoms with Crippen molar-refractivity contribution >= 4 is 23.4 Å². The van der Waals surface area contributed by atoms with Crippen LogP contribution in [0.1, 0.15) is 18.1 Å². The second-order valence-electron chi connectivity index (χ2n) is 8.91. The van der Waals surface area contributed by atoms with Crippen molar-refractivity contribution in [1.29, 1.82) is 0 Å². The molecule has 188 valence electrons. The van der Waals surface area contributed by atoms with Gasteiger partial charge in [0.1, 0.15) is 12.6 Å². The predicted molar refractivity (Wildman–Crippen MR) is 143 cm³/mol. The van der Waals surface area contributed by atoms with Crippen LogP contribution in [-0.2, 0) is 22.6 Å². The van der Waals surface area contributed by atoms with E-state index in [0.29, 0.717) is 12.1 Å². The van der Waals surface area contributed by atoms with Crippen LogP contribution in [0.25, 0.3) is 0 Å². The number of amides is 2. The van der Waals surface area contributed by atoms with Crippen molar-refractivity contribution in [3.63, 3.8) is 0 Å². The fourth-order valence-corrected chi connectivity index (χ4v) is 4.27. The van der Waals surface area contributed by atoms with Gasteiger partial charge in [-0.05, 0) is 41.9 Å². The topological polar surface area (TPSA) is 73.9 Å². The summed E-state index contributed by atoms with van der Waals surface area (Å²) in [6.07, 6.45) is -0.274. The van der Waals surface area contributed by atoms with Crippen molar-refractivity contribution in [1.82, 2.24) is 10.2 Å². The largest absolute Gasteiger partial charge is 0.445 e. The number of hydrogen-bond donors (Lipinski definition) is 2. The Labute approximate surface area is 213 Å². The molecule has 1 saturated heterocycles. The van der Waals surface area contributed by atoms with E-state index < -0.39 is 12.1 Å². The van der Waals surface area contributed by atoms with E-state index in [9.17, 15) is 9.59 Å². The molecule has 7 nitrogen and oxygen atoms in total. The number of hydrogen-bond acceptors (Lipinski definition) is 5. The van der Waals surface area contributed by atoms with Crippen molar-refractivity contribution in [2.75, 3.05) is 42.9 Å². The zero-order chi connectivity index (χ0) is 25.2. The predicted octanol–water partition coefficient (Wildman–Crippen LogP) is 4.30. The van der Waals surface area contributed by atoms with E-state index in [1.54, 1.807) is 0 Å². The Morgan fingerprint density at radius 1 is 0.833 bits per heavy atom. The standard InChI is InChI=1S/C29H34N4O3/c1-2-32-17-19-33(20-18-32)26-15-13-25(14-16-26)30-28(34)27(21-23-9-5-3-6-10-23)31-29(35)36-22-24-11-7-4-8-12-24/h3-16,27H,2,17-22H2,1H3,(H,30,34)(H,31,35). The molecule has 1 aliphatic rings. The van der Waals surface area contributed by atoms with E-state index in [4.69, 9.17) is 4.74 Å². The van der Waals surface area contributed by atoms with Crippen molar-refractivity contribution in [3.05, 3.63) is 96.1 Å². The van der Waals surface area contributed by atoms with Gasteiger partial charge in [0.05, 0.1) is 0 Å². The lowest BCUT2D eigenvalue weighted by atomic mass is 10.1. The fraction of sp³-hybridized carbons (Fsp3) is 0.310. The third kappa shape index (κ3) is 7.33. The Balaban J connectivity index is 1.37. The highest BCUT2D eigenvalue weighted by Gasteiger charge is 2.23. The lowest BCUT2D eigenvalue weighted by molar-refractivity contribution is -0.118. The lowest BCUT2D eigenvalue weighted by Crippen LogP contribution is -2.46. The van der Waals surface area contributed by atoms with Crippen LogP contribution in [0.3, 0.4) is 0 Å². The normalized spacial score (nSPS) is 14.6. The lowest BCUT2D eigenvalue weighted by Gasteiger charge is -2.35.